The number of benzene rings is 2. The van der Waals surface area contributed by atoms with Crippen molar-refractivity contribution in [3.05, 3.63) is 72.1 Å². The van der Waals surface area contributed by atoms with Gasteiger partial charge in [-0.15, -0.1) is 0 Å². The molecule has 0 saturated carbocycles. The number of rotatable bonds is 6. The summed E-state index contributed by atoms with van der Waals surface area (Å²) in [4.78, 5) is 12.0. The Labute approximate surface area is 181 Å². The SMILES string of the molecule is Cc1c(OCC2COc3ccccc3O2)ccnc1CS(=O)c1nc2ccccc2[nH]1. The van der Waals surface area contributed by atoms with Crippen LogP contribution in [0.4, 0.5) is 0 Å². The van der Waals surface area contributed by atoms with E-state index in [1.165, 1.54) is 0 Å². The summed E-state index contributed by atoms with van der Waals surface area (Å²) in [6.45, 7) is 2.68. The summed E-state index contributed by atoms with van der Waals surface area (Å²) in [5.74, 6) is 2.40. The number of H-pyrrole nitrogens is 1. The first kappa shape index (κ1) is 19.6. The fourth-order valence-corrected chi connectivity index (χ4v) is 4.52. The van der Waals surface area contributed by atoms with Crippen molar-refractivity contribution in [3.8, 4) is 17.2 Å². The van der Waals surface area contributed by atoms with E-state index in [-0.39, 0.29) is 11.9 Å². The Kier molecular flexibility index (Phi) is 5.30. The average Bonchev–Trinajstić information content (AvgIpc) is 3.24. The molecular weight excluding hydrogens is 414 g/mol. The van der Waals surface area contributed by atoms with Gasteiger partial charge < -0.3 is 19.2 Å². The van der Waals surface area contributed by atoms with Gasteiger partial charge in [0.1, 0.15) is 19.0 Å². The van der Waals surface area contributed by atoms with Crippen molar-refractivity contribution in [2.45, 2.75) is 23.9 Å². The van der Waals surface area contributed by atoms with Crippen LogP contribution in [-0.4, -0.2) is 38.5 Å². The van der Waals surface area contributed by atoms with Gasteiger partial charge in [0.05, 0.1) is 33.3 Å². The lowest BCUT2D eigenvalue weighted by atomic mass is 10.2. The minimum Gasteiger partial charge on any atom is -0.489 e. The van der Waals surface area contributed by atoms with Crippen molar-refractivity contribution in [3.63, 3.8) is 0 Å². The van der Waals surface area contributed by atoms with Crippen molar-refractivity contribution >= 4 is 21.8 Å². The summed E-state index contributed by atoms with van der Waals surface area (Å²) in [7, 11) is -1.35. The molecule has 0 saturated heterocycles. The predicted octanol–water partition coefficient (Wildman–Crippen LogP) is 3.79. The van der Waals surface area contributed by atoms with Gasteiger partial charge in [0.25, 0.3) is 0 Å². The van der Waals surface area contributed by atoms with E-state index in [1.807, 2.05) is 55.5 Å². The highest BCUT2D eigenvalue weighted by atomic mass is 32.2. The van der Waals surface area contributed by atoms with Crippen LogP contribution in [0.2, 0.25) is 0 Å². The first-order valence-corrected chi connectivity index (χ1v) is 11.3. The molecule has 0 spiro atoms. The molecule has 31 heavy (non-hydrogen) atoms. The highest BCUT2D eigenvalue weighted by Crippen LogP contribution is 2.31. The van der Waals surface area contributed by atoms with Crippen LogP contribution in [0, 0.1) is 6.92 Å². The Hall–Kier alpha value is -3.39. The smallest absolute Gasteiger partial charge is 0.197 e. The molecule has 1 aliphatic rings. The van der Waals surface area contributed by atoms with Crippen LogP contribution >= 0.6 is 0 Å². The summed E-state index contributed by atoms with van der Waals surface area (Å²) < 4.78 is 30.6. The zero-order valence-corrected chi connectivity index (χ0v) is 17.7. The van der Waals surface area contributed by atoms with Crippen LogP contribution < -0.4 is 14.2 Å². The molecule has 0 radical (unpaired) electrons. The van der Waals surface area contributed by atoms with Gasteiger partial charge >= 0.3 is 0 Å². The van der Waals surface area contributed by atoms with Crippen molar-refractivity contribution < 1.29 is 18.4 Å². The Morgan fingerprint density at radius 2 is 1.94 bits per heavy atom. The Balaban J connectivity index is 1.26. The molecule has 0 amide bonds. The molecule has 0 aliphatic carbocycles. The predicted molar refractivity (Wildman–Crippen MR) is 117 cm³/mol. The second-order valence-electron chi connectivity index (χ2n) is 7.24. The maximum atomic E-state index is 12.9. The molecule has 5 rings (SSSR count). The third-order valence-corrected chi connectivity index (χ3v) is 6.26. The van der Waals surface area contributed by atoms with Gasteiger partial charge in [0.2, 0.25) is 0 Å². The zero-order valence-electron chi connectivity index (χ0n) is 16.9. The van der Waals surface area contributed by atoms with Crippen LogP contribution in [0.15, 0.2) is 66.0 Å². The molecule has 1 aliphatic heterocycles. The number of ether oxygens (including phenoxy) is 3. The van der Waals surface area contributed by atoms with E-state index >= 15 is 0 Å². The molecule has 1 N–H and O–H groups in total. The van der Waals surface area contributed by atoms with Crippen molar-refractivity contribution in [2.75, 3.05) is 13.2 Å². The van der Waals surface area contributed by atoms with Crippen LogP contribution in [0.25, 0.3) is 11.0 Å². The molecule has 3 heterocycles. The molecule has 2 unspecified atom stereocenters. The number of aromatic amines is 1. The van der Waals surface area contributed by atoms with E-state index < -0.39 is 10.8 Å². The van der Waals surface area contributed by atoms with E-state index in [1.54, 1.807) is 12.3 Å². The second kappa shape index (κ2) is 8.39. The van der Waals surface area contributed by atoms with Crippen LogP contribution in [0.3, 0.4) is 0 Å². The topological polar surface area (TPSA) is 86.3 Å². The Bertz CT molecular complexity index is 1220. The van der Waals surface area contributed by atoms with Crippen LogP contribution in [0.1, 0.15) is 11.3 Å². The monoisotopic (exact) mass is 435 g/mol. The maximum absolute atomic E-state index is 12.9. The third kappa shape index (κ3) is 4.11. The molecule has 7 nitrogen and oxygen atoms in total. The number of pyridine rings is 1. The first-order chi connectivity index (χ1) is 15.2. The summed E-state index contributed by atoms with van der Waals surface area (Å²) in [6.07, 6.45) is 1.46. The average molecular weight is 436 g/mol. The molecule has 0 fully saturated rings. The van der Waals surface area contributed by atoms with Crippen molar-refractivity contribution in [2.24, 2.45) is 0 Å². The number of para-hydroxylation sites is 4. The summed E-state index contributed by atoms with van der Waals surface area (Å²) >= 11 is 0. The summed E-state index contributed by atoms with van der Waals surface area (Å²) in [6, 6.07) is 17.0. The molecule has 2 aromatic heterocycles. The molecule has 158 valence electrons. The molecule has 4 aromatic rings. The summed E-state index contributed by atoms with van der Waals surface area (Å²) in [5.41, 5.74) is 3.22. The van der Waals surface area contributed by atoms with E-state index in [9.17, 15) is 4.21 Å². The minimum atomic E-state index is -1.35. The van der Waals surface area contributed by atoms with E-state index in [4.69, 9.17) is 14.2 Å². The van der Waals surface area contributed by atoms with Crippen LogP contribution in [-0.2, 0) is 16.6 Å². The Morgan fingerprint density at radius 1 is 1.13 bits per heavy atom. The van der Waals surface area contributed by atoms with Gasteiger partial charge in [-0.1, -0.05) is 24.3 Å². The number of aromatic nitrogens is 3. The van der Waals surface area contributed by atoms with E-state index in [2.05, 4.69) is 15.0 Å². The third-order valence-electron chi connectivity index (χ3n) is 5.10. The van der Waals surface area contributed by atoms with Gasteiger partial charge in [-0.2, -0.15) is 0 Å². The fraction of sp³-hybridized carbons (Fsp3) is 0.217. The molecular formula is C23H21N3O4S. The number of hydrogen-bond acceptors (Lipinski definition) is 6. The largest absolute Gasteiger partial charge is 0.489 e. The molecule has 8 heteroatoms. The van der Waals surface area contributed by atoms with Gasteiger partial charge in [0.15, 0.2) is 22.8 Å². The Morgan fingerprint density at radius 3 is 2.81 bits per heavy atom. The molecule has 0 bridgehead atoms. The zero-order chi connectivity index (χ0) is 21.2. The highest BCUT2D eigenvalue weighted by Gasteiger charge is 2.22. The van der Waals surface area contributed by atoms with Crippen LogP contribution in [0.5, 0.6) is 17.2 Å². The summed E-state index contributed by atoms with van der Waals surface area (Å²) in [5, 5.41) is 0.445. The number of imidazole rings is 1. The lowest BCUT2D eigenvalue weighted by molar-refractivity contribution is 0.0533. The van der Waals surface area contributed by atoms with Gasteiger partial charge in [-0.3, -0.25) is 9.19 Å². The molecule has 2 aromatic carbocycles. The van der Waals surface area contributed by atoms with Gasteiger partial charge in [0, 0.05) is 11.8 Å². The number of nitrogens with one attached hydrogen (secondary N) is 1. The number of nitrogens with zero attached hydrogens (tertiary/aromatic N) is 2. The van der Waals surface area contributed by atoms with Gasteiger partial charge in [-0.25, -0.2) is 4.98 Å². The fourth-order valence-electron chi connectivity index (χ4n) is 3.42. The number of hydrogen-bond donors (Lipinski definition) is 1. The first-order valence-electron chi connectivity index (χ1n) is 9.96. The van der Waals surface area contributed by atoms with Gasteiger partial charge in [-0.05, 0) is 37.3 Å². The lowest BCUT2D eigenvalue weighted by Gasteiger charge is -2.26. The normalized spacial score (nSPS) is 16.2. The minimum absolute atomic E-state index is 0.212. The lowest BCUT2D eigenvalue weighted by Crippen LogP contribution is -2.34. The van der Waals surface area contributed by atoms with E-state index in [0.717, 1.165) is 28.1 Å². The number of fused-ring (bicyclic) bond motifs is 2. The maximum Gasteiger partial charge on any atom is 0.197 e. The quantitative estimate of drug-likeness (QED) is 0.496. The van der Waals surface area contributed by atoms with E-state index in [0.29, 0.717) is 29.8 Å². The standard InChI is InChI=1S/C23H21N3O4S/c1-15-19(14-31(27)23-25-17-6-2-3-7-18(17)26-23)24-11-10-20(15)28-12-16-13-29-21-8-4-5-9-22(21)30-16/h2-11,16H,12-14H2,1H3,(H,25,26). The second-order valence-corrected chi connectivity index (χ2v) is 8.60. The molecule has 2 atom stereocenters. The highest BCUT2D eigenvalue weighted by molar-refractivity contribution is 7.84. The van der Waals surface area contributed by atoms with Crippen molar-refractivity contribution in [1.29, 1.82) is 0 Å². The van der Waals surface area contributed by atoms with Crippen molar-refractivity contribution in [1.82, 2.24) is 15.0 Å².